The van der Waals surface area contributed by atoms with Crippen molar-refractivity contribution in [2.24, 2.45) is 0 Å². The Morgan fingerprint density at radius 1 is 1.05 bits per heavy atom. The van der Waals surface area contributed by atoms with Gasteiger partial charge in [0.1, 0.15) is 10.1 Å². The van der Waals surface area contributed by atoms with Crippen molar-refractivity contribution in [1.82, 2.24) is 0 Å². The van der Waals surface area contributed by atoms with E-state index in [1.54, 1.807) is 12.1 Å². The van der Waals surface area contributed by atoms with E-state index < -0.39 is 10.1 Å². The van der Waals surface area contributed by atoms with Crippen molar-refractivity contribution in [3.8, 4) is 0 Å². The Labute approximate surface area is 156 Å². The Kier molecular flexibility index (Phi) is 6.19. The van der Waals surface area contributed by atoms with Gasteiger partial charge in [0.25, 0.3) is 0 Å². The van der Waals surface area contributed by atoms with Gasteiger partial charge in [-0.1, -0.05) is 44.2 Å². The molecule has 0 aliphatic rings. The van der Waals surface area contributed by atoms with Gasteiger partial charge in [-0.25, -0.2) is 8.42 Å². The molecule has 2 aromatic rings. The van der Waals surface area contributed by atoms with Crippen LogP contribution in [0.5, 0.6) is 0 Å². The van der Waals surface area contributed by atoms with Crippen LogP contribution in [0, 0.1) is 0 Å². The molecule has 0 heterocycles. The minimum atomic E-state index is -4.44. The van der Waals surface area contributed by atoms with Gasteiger partial charge in [0.2, 0.25) is 0 Å². The zero-order chi connectivity index (χ0) is 13.3. The van der Waals surface area contributed by atoms with Crippen molar-refractivity contribution in [2.45, 2.75) is 31.6 Å². The predicted octanol–water partition coefficient (Wildman–Crippen LogP) is -0.127. The van der Waals surface area contributed by atoms with E-state index in [0.717, 1.165) is 17.4 Å². The molecule has 19 heavy (non-hydrogen) atoms. The number of hydrogen-bond donors (Lipinski definition) is 0. The third-order valence-electron chi connectivity index (χ3n) is 3.16. The van der Waals surface area contributed by atoms with Crippen molar-refractivity contribution < 1.29 is 64.4 Å². The number of aryl methyl sites for hydroxylation is 2. The number of rotatable bonds is 3. The van der Waals surface area contributed by atoms with Crippen LogP contribution in [0.25, 0.3) is 10.8 Å². The van der Waals surface area contributed by atoms with Gasteiger partial charge in [-0.2, -0.15) is 0 Å². The van der Waals surface area contributed by atoms with Crippen molar-refractivity contribution in [3.05, 3.63) is 41.5 Å². The van der Waals surface area contributed by atoms with E-state index >= 15 is 0 Å². The first-order chi connectivity index (χ1) is 8.47. The van der Waals surface area contributed by atoms with E-state index in [1.807, 2.05) is 32.0 Å². The van der Waals surface area contributed by atoms with E-state index in [4.69, 9.17) is 0 Å². The minimum absolute atomic E-state index is 0. The molecular weight excluding hydrogens is 287 g/mol. The number of hydrogen-bond acceptors (Lipinski definition) is 3. The molecule has 5 heteroatoms. The number of benzene rings is 2. The standard InChI is InChI=1S/C14H16O3S.K/c1-3-10-5-8-13-12(9-10)7-6-11(4-2)14(13)18(15,16)17;/h5-9H,3-4H2,1-2H3,(H,15,16,17);/q;+1/p-1. The third kappa shape index (κ3) is 3.67. The molecule has 0 fully saturated rings. The molecule has 0 aromatic heterocycles. The summed E-state index contributed by atoms with van der Waals surface area (Å²) < 4.78 is 34.3. The van der Waals surface area contributed by atoms with Crippen LogP contribution >= 0.6 is 0 Å². The number of fused-ring (bicyclic) bond motifs is 1. The largest absolute Gasteiger partial charge is 1.00 e. The van der Waals surface area contributed by atoms with Crippen molar-refractivity contribution >= 4 is 20.9 Å². The quantitative estimate of drug-likeness (QED) is 0.586. The third-order valence-corrected chi connectivity index (χ3v) is 4.14. The first-order valence-corrected chi connectivity index (χ1v) is 7.38. The molecule has 0 spiro atoms. The van der Waals surface area contributed by atoms with Gasteiger partial charge in [-0.3, -0.25) is 0 Å². The zero-order valence-electron chi connectivity index (χ0n) is 11.4. The van der Waals surface area contributed by atoms with Gasteiger partial charge in [0.05, 0.1) is 4.90 Å². The Morgan fingerprint density at radius 2 is 1.74 bits per heavy atom. The van der Waals surface area contributed by atoms with Gasteiger partial charge >= 0.3 is 51.4 Å². The van der Waals surface area contributed by atoms with Crippen molar-refractivity contribution in [3.63, 3.8) is 0 Å². The monoisotopic (exact) mass is 302 g/mol. The second-order valence-electron chi connectivity index (χ2n) is 4.27. The van der Waals surface area contributed by atoms with Crippen LogP contribution in [0.2, 0.25) is 0 Å². The van der Waals surface area contributed by atoms with Crippen molar-refractivity contribution in [2.75, 3.05) is 0 Å². The van der Waals surface area contributed by atoms with E-state index in [0.29, 0.717) is 17.4 Å². The Morgan fingerprint density at radius 3 is 2.26 bits per heavy atom. The minimum Gasteiger partial charge on any atom is -0.744 e. The maximum atomic E-state index is 11.4. The maximum absolute atomic E-state index is 11.4. The first kappa shape index (κ1) is 17.3. The van der Waals surface area contributed by atoms with Gasteiger partial charge < -0.3 is 4.55 Å². The smallest absolute Gasteiger partial charge is 0.744 e. The SMILES string of the molecule is CCc1ccc2c(S(=O)(=O)[O-])c(CC)ccc2c1.[K+]. The summed E-state index contributed by atoms with van der Waals surface area (Å²) in [5, 5.41) is 1.34. The van der Waals surface area contributed by atoms with E-state index in [1.165, 1.54) is 0 Å². The van der Waals surface area contributed by atoms with Crippen LogP contribution in [0.15, 0.2) is 35.2 Å². The molecule has 0 radical (unpaired) electrons. The average molecular weight is 302 g/mol. The second-order valence-corrected chi connectivity index (χ2v) is 5.59. The molecule has 0 saturated heterocycles. The van der Waals surface area contributed by atoms with E-state index in [-0.39, 0.29) is 56.3 Å². The maximum Gasteiger partial charge on any atom is 1.00 e. The zero-order valence-corrected chi connectivity index (χ0v) is 15.4. The molecule has 2 aromatic carbocycles. The fourth-order valence-corrected chi connectivity index (χ4v) is 3.18. The summed E-state index contributed by atoms with van der Waals surface area (Å²) in [7, 11) is -4.44. The van der Waals surface area contributed by atoms with Gasteiger partial charge in [-0.05, 0) is 34.7 Å². The van der Waals surface area contributed by atoms with E-state index in [9.17, 15) is 13.0 Å². The fraction of sp³-hybridized carbons (Fsp3) is 0.286. The summed E-state index contributed by atoms with van der Waals surface area (Å²) in [6.07, 6.45) is 1.41. The molecule has 0 aliphatic heterocycles. The van der Waals surface area contributed by atoms with Crippen LogP contribution < -0.4 is 51.4 Å². The molecule has 0 aliphatic carbocycles. The summed E-state index contributed by atoms with van der Waals surface area (Å²) in [4.78, 5) is -0.0647. The summed E-state index contributed by atoms with van der Waals surface area (Å²) in [6, 6.07) is 9.15. The molecule has 3 nitrogen and oxygen atoms in total. The van der Waals surface area contributed by atoms with E-state index in [2.05, 4.69) is 0 Å². The van der Waals surface area contributed by atoms with Crippen LogP contribution in [-0.4, -0.2) is 13.0 Å². The molecule has 0 amide bonds. The molecule has 96 valence electrons. The summed E-state index contributed by atoms with van der Waals surface area (Å²) >= 11 is 0. The van der Waals surface area contributed by atoms with Crippen LogP contribution in [-0.2, 0) is 23.0 Å². The fourth-order valence-electron chi connectivity index (χ4n) is 2.19. The Hall–Kier alpha value is 0.246. The van der Waals surface area contributed by atoms with Crippen molar-refractivity contribution in [1.29, 1.82) is 0 Å². The molecule has 0 bridgehead atoms. The summed E-state index contributed by atoms with van der Waals surface area (Å²) in [5.74, 6) is 0. The summed E-state index contributed by atoms with van der Waals surface area (Å²) in [5.41, 5.74) is 1.71. The van der Waals surface area contributed by atoms with Gasteiger partial charge in [-0.15, -0.1) is 0 Å². The molecule has 2 rings (SSSR count). The topological polar surface area (TPSA) is 57.2 Å². The molecular formula is C14H15KO3S. The molecule has 0 saturated carbocycles. The average Bonchev–Trinajstić information content (AvgIpc) is 2.35. The molecule has 0 unspecified atom stereocenters. The Bertz CT molecular complexity index is 693. The van der Waals surface area contributed by atoms with Crippen LogP contribution in [0.3, 0.4) is 0 Å². The Balaban J connectivity index is 0.00000180. The van der Waals surface area contributed by atoms with Gasteiger partial charge in [0.15, 0.2) is 0 Å². The first-order valence-electron chi connectivity index (χ1n) is 5.97. The second kappa shape index (κ2) is 6.80. The molecule has 0 atom stereocenters. The van der Waals surface area contributed by atoms with Gasteiger partial charge in [0, 0.05) is 0 Å². The van der Waals surface area contributed by atoms with Crippen LogP contribution in [0.4, 0.5) is 0 Å². The predicted molar refractivity (Wildman–Crippen MR) is 70.7 cm³/mol. The molecule has 0 N–H and O–H groups in total. The summed E-state index contributed by atoms with van der Waals surface area (Å²) in [6.45, 7) is 3.88. The van der Waals surface area contributed by atoms with Crippen LogP contribution in [0.1, 0.15) is 25.0 Å². The normalized spacial score (nSPS) is 11.3.